The Morgan fingerprint density at radius 2 is 1.22 bits per heavy atom. The van der Waals surface area contributed by atoms with E-state index in [4.69, 9.17) is 5.10 Å². The molecule has 0 bridgehead atoms. The number of nitrogens with zero attached hydrogens (tertiary/aromatic N) is 2. The van der Waals surface area contributed by atoms with Crippen LogP contribution in [-0.2, 0) is 0 Å². The predicted octanol–water partition coefficient (Wildman–Crippen LogP) is 5.23. The van der Waals surface area contributed by atoms with Gasteiger partial charge in [-0.05, 0) is 23.3 Å². The molecule has 0 amide bonds. The largest absolute Gasteiger partial charge is 0.254 e. The number of hydrogen-bond donors (Lipinski definition) is 0. The Morgan fingerprint density at radius 3 is 1.91 bits per heavy atom. The molecule has 0 fully saturated rings. The maximum atomic E-state index is 4.74. The molecule has 0 N–H and O–H groups in total. The maximum Gasteiger partial charge on any atom is 0.126 e. The Bertz CT molecular complexity index is 811. The normalized spacial score (nSPS) is 13.9. The SMILES string of the molecule is c1ccc(-c2ccc(C3=NN(c4ccccc4)CS3)cc2)cc1. The molecule has 0 saturated heterocycles. The lowest BCUT2D eigenvalue weighted by Gasteiger charge is -2.11. The first-order chi connectivity index (χ1) is 11.4. The van der Waals surface area contributed by atoms with Crippen molar-refractivity contribution in [1.29, 1.82) is 0 Å². The van der Waals surface area contributed by atoms with Crippen LogP contribution >= 0.6 is 11.8 Å². The highest BCUT2D eigenvalue weighted by Crippen LogP contribution is 2.28. The summed E-state index contributed by atoms with van der Waals surface area (Å²) >= 11 is 1.78. The van der Waals surface area contributed by atoms with Gasteiger partial charge in [0.1, 0.15) is 5.04 Å². The molecule has 0 radical (unpaired) electrons. The van der Waals surface area contributed by atoms with Gasteiger partial charge in [0, 0.05) is 5.56 Å². The Morgan fingerprint density at radius 1 is 0.652 bits per heavy atom. The van der Waals surface area contributed by atoms with E-state index in [9.17, 15) is 0 Å². The molecule has 0 unspecified atom stereocenters. The van der Waals surface area contributed by atoms with E-state index in [1.54, 1.807) is 11.8 Å². The number of hydrogen-bond acceptors (Lipinski definition) is 3. The second kappa shape index (κ2) is 6.31. The van der Waals surface area contributed by atoms with Crippen LogP contribution in [0, 0.1) is 0 Å². The number of benzene rings is 3. The van der Waals surface area contributed by atoms with Crippen LogP contribution in [0.5, 0.6) is 0 Å². The van der Waals surface area contributed by atoms with Gasteiger partial charge in [0.25, 0.3) is 0 Å². The van der Waals surface area contributed by atoms with Crippen LogP contribution in [0.3, 0.4) is 0 Å². The van der Waals surface area contributed by atoms with Crippen molar-refractivity contribution >= 4 is 22.5 Å². The van der Waals surface area contributed by atoms with Gasteiger partial charge in [0.15, 0.2) is 0 Å². The second-order valence-corrected chi connectivity index (χ2v) is 6.29. The minimum absolute atomic E-state index is 0.861. The lowest BCUT2D eigenvalue weighted by molar-refractivity contribution is 1.01. The molecule has 0 atom stereocenters. The van der Waals surface area contributed by atoms with E-state index in [1.165, 1.54) is 16.7 Å². The number of rotatable bonds is 3. The third-order valence-corrected chi connectivity index (χ3v) is 4.79. The van der Waals surface area contributed by atoms with E-state index in [-0.39, 0.29) is 0 Å². The maximum absolute atomic E-state index is 4.74. The highest BCUT2D eigenvalue weighted by molar-refractivity contribution is 8.14. The van der Waals surface area contributed by atoms with Crippen molar-refractivity contribution in [3.63, 3.8) is 0 Å². The summed E-state index contributed by atoms with van der Waals surface area (Å²) in [6, 6.07) is 29.4. The van der Waals surface area contributed by atoms with Crippen LogP contribution in [0.2, 0.25) is 0 Å². The molecule has 0 spiro atoms. The highest BCUT2D eigenvalue weighted by atomic mass is 32.2. The monoisotopic (exact) mass is 316 g/mol. The van der Waals surface area contributed by atoms with Crippen molar-refractivity contribution in [1.82, 2.24) is 0 Å². The first-order valence-corrected chi connectivity index (χ1v) is 8.58. The summed E-state index contributed by atoms with van der Waals surface area (Å²) in [5, 5.41) is 7.87. The predicted molar refractivity (Wildman–Crippen MR) is 99.8 cm³/mol. The summed E-state index contributed by atoms with van der Waals surface area (Å²) in [6.07, 6.45) is 0. The molecule has 1 heterocycles. The van der Waals surface area contributed by atoms with E-state index in [0.29, 0.717) is 0 Å². The van der Waals surface area contributed by atoms with Crippen LogP contribution in [0.25, 0.3) is 11.1 Å². The van der Waals surface area contributed by atoms with Crippen molar-refractivity contribution in [3.8, 4) is 11.1 Å². The van der Waals surface area contributed by atoms with Crippen LogP contribution in [0.4, 0.5) is 5.69 Å². The molecular weight excluding hydrogens is 300 g/mol. The summed E-state index contributed by atoms with van der Waals surface area (Å²) in [5.41, 5.74) is 4.79. The second-order valence-electron chi connectivity index (χ2n) is 5.36. The van der Waals surface area contributed by atoms with Crippen molar-refractivity contribution in [3.05, 3.63) is 90.5 Å². The van der Waals surface area contributed by atoms with Crippen molar-refractivity contribution in [2.75, 3.05) is 10.9 Å². The molecule has 4 rings (SSSR count). The fraction of sp³-hybridized carbons (Fsp3) is 0.0500. The van der Waals surface area contributed by atoms with Crippen molar-refractivity contribution in [2.45, 2.75) is 0 Å². The van der Waals surface area contributed by atoms with E-state index >= 15 is 0 Å². The molecule has 3 aromatic carbocycles. The molecule has 0 aromatic heterocycles. The van der Waals surface area contributed by atoms with Crippen LogP contribution in [0.15, 0.2) is 90.0 Å². The molecule has 3 heteroatoms. The molecule has 0 aliphatic carbocycles. The first kappa shape index (κ1) is 14.1. The molecular formula is C20H16N2S. The van der Waals surface area contributed by atoms with Crippen LogP contribution in [-0.4, -0.2) is 10.9 Å². The lowest BCUT2D eigenvalue weighted by Crippen LogP contribution is -2.09. The highest BCUT2D eigenvalue weighted by Gasteiger charge is 2.17. The average Bonchev–Trinajstić information content (AvgIpc) is 3.14. The fourth-order valence-electron chi connectivity index (χ4n) is 2.60. The van der Waals surface area contributed by atoms with Gasteiger partial charge >= 0.3 is 0 Å². The van der Waals surface area contributed by atoms with Gasteiger partial charge in [-0.25, -0.2) is 0 Å². The number of thioether (sulfide) groups is 1. The molecule has 112 valence electrons. The van der Waals surface area contributed by atoms with Gasteiger partial charge < -0.3 is 0 Å². The summed E-state index contributed by atoms with van der Waals surface area (Å²) in [7, 11) is 0. The zero-order chi connectivity index (χ0) is 15.5. The van der Waals surface area contributed by atoms with Crippen LogP contribution in [0.1, 0.15) is 5.56 Å². The van der Waals surface area contributed by atoms with Crippen molar-refractivity contribution in [2.24, 2.45) is 5.10 Å². The minimum Gasteiger partial charge on any atom is -0.254 e. The zero-order valence-electron chi connectivity index (χ0n) is 12.6. The Labute approximate surface area is 140 Å². The standard InChI is InChI=1S/C20H16N2S/c1-3-7-16(8-4-1)17-11-13-18(14-12-17)20-21-22(15-23-20)19-9-5-2-6-10-19/h1-14H,15H2. The van der Waals surface area contributed by atoms with E-state index < -0.39 is 0 Å². The topological polar surface area (TPSA) is 15.6 Å². The van der Waals surface area contributed by atoms with Gasteiger partial charge in [0.05, 0.1) is 11.6 Å². The van der Waals surface area contributed by atoms with Gasteiger partial charge in [-0.2, -0.15) is 5.10 Å². The lowest BCUT2D eigenvalue weighted by atomic mass is 10.0. The summed E-state index contributed by atoms with van der Waals surface area (Å²) in [5.74, 6) is 0.861. The molecule has 1 aliphatic heterocycles. The minimum atomic E-state index is 0.861. The number of para-hydroxylation sites is 1. The molecule has 2 nitrogen and oxygen atoms in total. The number of anilines is 1. The molecule has 3 aromatic rings. The summed E-state index contributed by atoms with van der Waals surface area (Å²) in [4.78, 5) is 0. The molecule has 0 saturated carbocycles. The first-order valence-electron chi connectivity index (χ1n) is 7.60. The van der Waals surface area contributed by atoms with Gasteiger partial charge in [-0.15, -0.1) is 0 Å². The third-order valence-electron chi connectivity index (χ3n) is 3.83. The fourth-order valence-corrected chi connectivity index (χ4v) is 3.51. The van der Waals surface area contributed by atoms with Gasteiger partial charge in [-0.3, -0.25) is 5.01 Å². The smallest absolute Gasteiger partial charge is 0.126 e. The summed E-state index contributed by atoms with van der Waals surface area (Å²) in [6.45, 7) is 0. The third kappa shape index (κ3) is 3.01. The Kier molecular flexibility index (Phi) is 3.86. The van der Waals surface area contributed by atoms with Gasteiger partial charge in [-0.1, -0.05) is 84.6 Å². The molecule has 1 aliphatic rings. The zero-order valence-corrected chi connectivity index (χ0v) is 13.4. The molecule has 23 heavy (non-hydrogen) atoms. The van der Waals surface area contributed by atoms with Gasteiger partial charge in [0.2, 0.25) is 0 Å². The van der Waals surface area contributed by atoms with Crippen LogP contribution < -0.4 is 5.01 Å². The Hall–Kier alpha value is -2.52. The average molecular weight is 316 g/mol. The van der Waals surface area contributed by atoms with E-state index in [0.717, 1.165) is 16.6 Å². The van der Waals surface area contributed by atoms with E-state index in [2.05, 4.69) is 60.7 Å². The summed E-state index contributed by atoms with van der Waals surface area (Å²) < 4.78 is 0. The van der Waals surface area contributed by atoms with Crippen molar-refractivity contribution < 1.29 is 0 Å². The van der Waals surface area contributed by atoms with E-state index in [1.807, 2.05) is 29.3 Å². The Balaban J connectivity index is 1.57. The quantitative estimate of drug-likeness (QED) is 0.658. The number of hydrazone groups is 1.